The molecule has 2 nitrogen and oxygen atoms in total. The van der Waals surface area contributed by atoms with Gasteiger partial charge in [0.25, 0.3) is 0 Å². The summed E-state index contributed by atoms with van der Waals surface area (Å²) in [6.07, 6.45) is 0. The molecule has 7 heavy (non-hydrogen) atoms. The molecule has 0 radical (unpaired) electrons. The maximum Gasteiger partial charge on any atom is 0.421 e. The Bertz CT molecular complexity index is 46.2. The van der Waals surface area contributed by atoms with Crippen molar-refractivity contribution in [3.05, 3.63) is 0 Å². The molecule has 0 aliphatic carbocycles. The van der Waals surface area contributed by atoms with Crippen LogP contribution in [-0.2, 0) is 4.29 Å². The van der Waals surface area contributed by atoms with E-state index in [1.807, 2.05) is 13.8 Å². The molecule has 0 spiro atoms. The third kappa shape index (κ3) is 23.6. The van der Waals surface area contributed by atoms with Gasteiger partial charge in [-0.25, -0.2) is 4.79 Å². The molecule has 0 atom stereocenters. The lowest BCUT2D eigenvalue weighted by Gasteiger charge is -1.71. The van der Waals surface area contributed by atoms with Crippen molar-refractivity contribution in [2.45, 2.75) is 13.8 Å². The first-order chi connectivity index (χ1) is 3.27. The summed E-state index contributed by atoms with van der Waals surface area (Å²) in [6, 6.07) is 0. The standard InChI is InChI=1S/C2H6.CCl2O2/c1-2;2-1(4)5-3/h1-2H3;. The molecule has 0 bridgehead atoms. The van der Waals surface area contributed by atoms with Gasteiger partial charge in [-0.3, -0.25) is 0 Å². The van der Waals surface area contributed by atoms with E-state index >= 15 is 0 Å². The van der Waals surface area contributed by atoms with Crippen LogP contribution >= 0.6 is 23.5 Å². The van der Waals surface area contributed by atoms with E-state index in [2.05, 4.69) is 27.8 Å². The first-order valence-electron chi connectivity index (χ1n) is 1.75. The lowest BCUT2D eigenvalue weighted by Crippen LogP contribution is -1.72. The maximum absolute atomic E-state index is 9.22. The Hall–Kier alpha value is 0.0500. The van der Waals surface area contributed by atoms with Crippen molar-refractivity contribution < 1.29 is 9.08 Å². The van der Waals surface area contributed by atoms with Crippen LogP contribution in [0.4, 0.5) is 4.79 Å². The zero-order valence-corrected chi connectivity index (χ0v) is 5.58. The Morgan fingerprint density at radius 1 is 1.57 bits per heavy atom. The monoisotopic (exact) mass is 144 g/mol. The van der Waals surface area contributed by atoms with Crippen molar-refractivity contribution in [2.75, 3.05) is 0 Å². The summed E-state index contributed by atoms with van der Waals surface area (Å²) in [7, 11) is 0. The van der Waals surface area contributed by atoms with Crippen molar-refractivity contribution in [3.8, 4) is 0 Å². The van der Waals surface area contributed by atoms with Crippen LogP contribution in [0.3, 0.4) is 0 Å². The van der Waals surface area contributed by atoms with E-state index in [4.69, 9.17) is 0 Å². The maximum atomic E-state index is 9.22. The van der Waals surface area contributed by atoms with Crippen molar-refractivity contribution in [3.63, 3.8) is 0 Å². The highest BCUT2D eigenvalue weighted by Crippen LogP contribution is 1.87. The highest BCUT2D eigenvalue weighted by Gasteiger charge is 1.84. The van der Waals surface area contributed by atoms with E-state index in [0.717, 1.165) is 0 Å². The fraction of sp³-hybridized carbons (Fsp3) is 0.667. The predicted molar refractivity (Wildman–Crippen MR) is 29.5 cm³/mol. The largest absolute Gasteiger partial charge is 0.421 e. The molecule has 0 amide bonds. The van der Waals surface area contributed by atoms with Gasteiger partial charge < -0.3 is 4.29 Å². The van der Waals surface area contributed by atoms with Crippen LogP contribution < -0.4 is 0 Å². The molecule has 0 rings (SSSR count). The first-order valence-corrected chi connectivity index (χ1v) is 2.44. The lowest BCUT2D eigenvalue weighted by molar-refractivity contribution is 0.230. The number of halogens is 2. The van der Waals surface area contributed by atoms with E-state index in [-0.39, 0.29) is 0 Å². The van der Waals surface area contributed by atoms with Gasteiger partial charge in [0.05, 0.1) is 0 Å². The third-order valence-electron chi connectivity index (χ3n) is 0.0607. The number of rotatable bonds is 0. The quantitative estimate of drug-likeness (QED) is 0.489. The molecule has 0 N–H and O–H groups in total. The molecule has 0 aromatic carbocycles. The average molecular weight is 145 g/mol. The molecule has 44 valence electrons. The fourth-order valence-corrected chi connectivity index (χ4v) is 0. The molecular formula is C3H6Cl2O2. The molecule has 0 heterocycles. The fourth-order valence-electron chi connectivity index (χ4n) is 0. The number of carbonyl (C=O) groups is 1. The molecule has 0 saturated heterocycles. The van der Waals surface area contributed by atoms with Crippen LogP contribution in [0.5, 0.6) is 0 Å². The van der Waals surface area contributed by atoms with Gasteiger partial charge in [-0.2, -0.15) is 0 Å². The van der Waals surface area contributed by atoms with Gasteiger partial charge in [-0.1, -0.05) is 13.8 Å². The molecule has 4 heteroatoms. The number of hydrogen-bond acceptors (Lipinski definition) is 2. The van der Waals surface area contributed by atoms with E-state index in [0.29, 0.717) is 0 Å². The lowest BCUT2D eigenvalue weighted by atomic mass is 11.0. The number of hydrogen-bond donors (Lipinski definition) is 0. The topological polar surface area (TPSA) is 26.3 Å². The molecule has 0 aliphatic heterocycles. The summed E-state index contributed by atoms with van der Waals surface area (Å²) in [5, 5.41) is 0. The predicted octanol–water partition coefficient (Wildman–Crippen LogP) is 2.54. The van der Waals surface area contributed by atoms with Crippen molar-refractivity contribution >= 4 is 28.9 Å². The van der Waals surface area contributed by atoms with Gasteiger partial charge in [0.1, 0.15) is 11.9 Å². The third-order valence-corrected chi connectivity index (χ3v) is 0.357. The van der Waals surface area contributed by atoms with Gasteiger partial charge in [0.15, 0.2) is 0 Å². The molecule has 0 aliphatic rings. The summed E-state index contributed by atoms with van der Waals surface area (Å²) in [5.74, 6) is 0. The molecular weight excluding hydrogens is 139 g/mol. The summed E-state index contributed by atoms with van der Waals surface area (Å²) in [6.45, 7) is 4.00. The van der Waals surface area contributed by atoms with Crippen LogP contribution in [0, 0.1) is 0 Å². The molecule has 0 aromatic rings. The first kappa shape index (κ1) is 10.1. The Labute approximate surface area is 52.5 Å². The highest BCUT2D eigenvalue weighted by molar-refractivity contribution is 6.62. The Morgan fingerprint density at radius 2 is 1.71 bits per heavy atom. The van der Waals surface area contributed by atoms with Crippen LogP contribution in [0.2, 0.25) is 0 Å². The smallest absolute Gasteiger partial charge is 0.334 e. The van der Waals surface area contributed by atoms with Gasteiger partial charge >= 0.3 is 5.43 Å². The van der Waals surface area contributed by atoms with Crippen LogP contribution in [0.1, 0.15) is 13.8 Å². The van der Waals surface area contributed by atoms with E-state index in [1.54, 1.807) is 0 Å². The minimum atomic E-state index is -1.01. The summed E-state index contributed by atoms with van der Waals surface area (Å²) in [4.78, 5) is 9.22. The van der Waals surface area contributed by atoms with Crippen molar-refractivity contribution in [1.29, 1.82) is 0 Å². The minimum absolute atomic E-state index is 1.01. The summed E-state index contributed by atoms with van der Waals surface area (Å²) in [5.41, 5.74) is -1.01. The molecule has 0 aromatic heterocycles. The normalized spacial score (nSPS) is 5.71. The summed E-state index contributed by atoms with van der Waals surface area (Å²) >= 11 is 8.82. The van der Waals surface area contributed by atoms with Gasteiger partial charge in [-0.05, 0) is 0 Å². The van der Waals surface area contributed by atoms with Crippen LogP contribution in [0.15, 0.2) is 0 Å². The zero-order chi connectivity index (χ0) is 6.28. The highest BCUT2D eigenvalue weighted by atomic mass is 35.5. The van der Waals surface area contributed by atoms with E-state index in [9.17, 15) is 4.79 Å². The minimum Gasteiger partial charge on any atom is -0.334 e. The average Bonchev–Trinajstić information content (AvgIpc) is 1.73. The molecule has 0 fully saturated rings. The summed E-state index contributed by atoms with van der Waals surface area (Å²) < 4.78 is 3.35. The molecule has 0 saturated carbocycles. The Morgan fingerprint density at radius 3 is 1.71 bits per heavy atom. The van der Waals surface area contributed by atoms with Gasteiger partial charge in [0.2, 0.25) is 0 Å². The zero-order valence-electron chi connectivity index (χ0n) is 4.07. The van der Waals surface area contributed by atoms with E-state index < -0.39 is 5.43 Å². The van der Waals surface area contributed by atoms with Crippen LogP contribution in [-0.4, -0.2) is 5.43 Å². The number of carbonyl (C=O) groups excluding carboxylic acids is 1. The van der Waals surface area contributed by atoms with Gasteiger partial charge in [-0.15, -0.1) is 0 Å². The second-order valence-electron chi connectivity index (χ2n) is 0.315. The van der Waals surface area contributed by atoms with Crippen molar-refractivity contribution in [2.24, 2.45) is 0 Å². The van der Waals surface area contributed by atoms with E-state index in [1.165, 1.54) is 0 Å². The van der Waals surface area contributed by atoms with Gasteiger partial charge in [0, 0.05) is 11.6 Å². The van der Waals surface area contributed by atoms with Crippen molar-refractivity contribution in [1.82, 2.24) is 0 Å². The second-order valence-corrected chi connectivity index (χ2v) is 0.778. The Balaban J connectivity index is 0. The molecule has 0 unspecified atom stereocenters. The van der Waals surface area contributed by atoms with Crippen LogP contribution in [0.25, 0.3) is 0 Å². The second kappa shape index (κ2) is 9.41. The Kier molecular flexibility index (Phi) is 13.6. The SMILES string of the molecule is CC.O=C(Cl)OCl.